The number of halogens is 3. The van der Waals surface area contributed by atoms with Gasteiger partial charge in [-0.25, -0.2) is 0 Å². The normalized spacial score (nSPS) is 12.3. The molecule has 0 fully saturated rings. The topological polar surface area (TPSA) is 38.7 Å². The van der Waals surface area contributed by atoms with Gasteiger partial charge in [-0.05, 0) is 23.8 Å². The lowest BCUT2D eigenvalue weighted by Crippen LogP contribution is -2.08. The second kappa shape index (κ2) is 6.74. The van der Waals surface area contributed by atoms with E-state index >= 15 is 0 Å². The lowest BCUT2D eigenvalue weighted by Gasteiger charge is -2.17. The molecule has 112 valence electrons. The molecule has 1 atom stereocenters. The third-order valence-electron chi connectivity index (χ3n) is 2.92. The molecule has 2 rings (SSSR count). The van der Waals surface area contributed by atoms with E-state index in [9.17, 15) is 13.9 Å². The first-order chi connectivity index (χ1) is 10.0. The number of methoxy groups -OCH3 is 1. The van der Waals surface area contributed by atoms with Crippen molar-refractivity contribution in [3.05, 3.63) is 58.6 Å². The van der Waals surface area contributed by atoms with Crippen LogP contribution in [0.1, 0.15) is 17.2 Å². The van der Waals surface area contributed by atoms with E-state index in [-0.39, 0.29) is 11.3 Å². The molecule has 3 nitrogen and oxygen atoms in total. The van der Waals surface area contributed by atoms with Crippen molar-refractivity contribution in [2.45, 2.75) is 12.7 Å². The Balaban J connectivity index is 2.35. The monoisotopic (exact) mass is 314 g/mol. The molecule has 0 aliphatic rings. The van der Waals surface area contributed by atoms with Gasteiger partial charge in [-0.1, -0.05) is 35.9 Å². The van der Waals surface area contributed by atoms with Crippen molar-refractivity contribution in [3.63, 3.8) is 0 Å². The molecule has 0 aromatic heterocycles. The Hall–Kier alpha value is -1.85. The molecule has 0 heterocycles. The van der Waals surface area contributed by atoms with Crippen molar-refractivity contribution >= 4 is 11.6 Å². The highest BCUT2D eigenvalue weighted by Crippen LogP contribution is 2.34. The highest BCUT2D eigenvalue weighted by Gasteiger charge is 2.18. The first-order valence-corrected chi connectivity index (χ1v) is 6.46. The smallest absolute Gasteiger partial charge is 0.387 e. The van der Waals surface area contributed by atoms with Crippen LogP contribution < -0.4 is 9.47 Å². The molecule has 6 heteroatoms. The number of hydrogen-bond donors (Lipinski definition) is 1. The summed E-state index contributed by atoms with van der Waals surface area (Å²) in [6.45, 7) is -2.96. The number of aliphatic hydroxyl groups excluding tert-OH is 1. The minimum atomic E-state index is -2.96. The molecule has 0 bridgehead atoms. The standard InChI is InChI=1S/C15H13ClF2O3/c1-20-13-7-6-9(8-11(13)16)14(19)10-4-2-3-5-12(10)21-15(17)18/h2-8,14-15,19H,1H3. The molecule has 0 spiro atoms. The molecule has 2 aromatic rings. The van der Waals surface area contributed by atoms with E-state index in [1.165, 1.54) is 25.3 Å². The highest BCUT2D eigenvalue weighted by atomic mass is 35.5. The summed E-state index contributed by atoms with van der Waals surface area (Å²) in [7, 11) is 1.48. The van der Waals surface area contributed by atoms with Crippen molar-refractivity contribution < 1.29 is 23.4 Å². The Labute approximate surface area is 125 Å². The summed E-state index contributed by atoms with van der Waals surface area (Å²) >= 11 is 6.00. The van der Waals surface area contributed by atoms with Crippen LogP contribution in [-0.2, 0) is 0 Å². The van der Waals surface area contributed by atoms with Crippen LogP contribution in [-0.4, -0.2) is 18.8 Å². The zero-order valence-electron chi connectivity index (χ0n) is 11.1. The van der Waals surface area contributed by atoms with Crippen LogP contribution in [0.4, 0.5) is 8.78 Å². The zero-order chi connectivity index (χ0) is 15.4. The maximum absolute atomic E-state index is 12.4. The second-order valence-corrected chi connectivity index (χ2v) is 4.62. The summed E-state index contributed by atoms with van der Waals surface area (Å²) in [5.41, 5.74) is 0.685. The first-order valence-electron chi connectivity index (χ1n) is 6.08. The molecular formula is C15H13ClF2O3. The van der Waals surface area contributed by atoms with Gasteiger partial charge in [0.25, 0.3) is 0 Å². The van der Waals surface area contributed by atoms with E-state index in [4.69, 9.17) is 16.3 Å². The van der Waals surface area contributed by atoms with Gasteiger partial charge < -0.3 is 14.6 Å². The van der Waals surface area contributed by atoms with E-state index in [0.717, 1.165) is 0 Å². The predicted molar refractivity (Wildman–Crippen MR) is 75.1 cm³/mol. The molecule has 0 aliphatic heterocycles. The van der Waals surface area contributed by atoms with Gasteiger partial charge in [-0.15, -0.1) is 0 Å². The lowest BCUT2D eigenvalue weighted by molar-refractivity contribution is -0.0512. The Morgan fingerprint density at radius 2 is 1.81 bits per heavy atom. The van der Waals surface area contributed by atoms with Gasteiger partial charge in [0.05, 0.1) is 12.1 Å². The number of para-hydroxylation sites is 1. The molecule has 2 aromatic carbocycles. The minimum absolute atomic E-state index is 0.0769. The summed E-state index contributed by atoms with van der Waals surface area (Å²) in [4.78, 5) is 0. The number of aliphatic hydroxyl groups is 1. The Morgan fingerprint density at radius 3 is 2.43 bits per heavy atom. The van der Waals surface area contributed by atoms with Gasteiger partial charge in [0.15, 0.2) is 0 Å². The van der Waals surface area contributed by atoms with Crippen LogP contribution >= 0.6 is 11.6 Å². The third-order valence-corrected chi connectivity index (χ3v) is 3.22. The van der Waals surface area contributed by atoms with Gasteiger partial charge in [0, 0.05) is 5.56 Å². The van der Waals surface area contributed by atoms with E-state index in [0.29, 0.717) is 16.3 Å². The summed E-state index contributed by atoms with van der Waals surface area (Å²) in [6, 6.07) is 10.8. The van der Waals surface area contributed by atoms with Crippen molar-refractivity contribution in [3.8, 4) is 11.5 Å². The fourth-order valence-corrected chi connectivity index (χ4v) is 2.21. The van der Waals surface area contributed by atoms with Crippen LogP contribution in [0.3, 0.4) is 0 Å². The Kier molecular flexibility index (Phi) is 4.98. The lowest BCUT2D eigenvalue weighted by atomic mass is 10.0. The third kappa shape index (κ3) is 3.62. The Morgan fingerprint density at radius 1 is 1.10 bits per heavy atom. The maximum Gasteiger partial charge on any atom is 0.387 e. The average molecular weight is 315 g/mol. The Bertz CT molecular complexity index is 620. The molecule has 0 saturated heterocycles. The van der Waals surface area contributed by atoms with E-state index in [1.54, 1.807) is 24.3 Å². The van der Waals surface area contributed by atoms with Gasteiger partial charge in [0.2, 0.25) is 0 Å². The first kappa shape index (κ1) is 15.5. The fraction of sp³-hybridized carbons (Fsp3) is 0.200. The van der Waals surface area contributed by atoms with Gasteiger partial charge in [-0.3, -0.25) is 0 Å². The summed E-state index contributed by atoms with van der Waals surface area (Å²) in [5.74, 6) is 0.386. The van der Waals surface area contributed by atoms with Gasteiger partial charge >= 0.3 is 6.61 Å². The number of alkyl halides is 2. The summed E-state index contributed by atoms with van der Waals surface area (Å²) in [6.07, 6.45) is -1.14. The zero-order valence-corrected chi connectivity index (χ0v) is 11.8. The molecule has 0 saturated carbocycles. The van der Waals surface area contributed by atoms with E-state index in [1.807, 2.05) is 0 Å². The number of hydrogen-bond acceptors (Lipinski definition) is 3. The summed E-state index contributed by atoms with van der Waals surface area (Å²) < 4.78 is 34.2. The SMILES string of the molecule is COc1ccc(C(O)c2ccccc2OC(F)F)cc1Cl. The largest absolute Gasteiger partial charge is 0.495 e. The number of rotatable bonds is 5. The van der Waals surface area contributed by atoms with Crippen LogP contribution in [0.5, 0.6) is 11.5 Å². The quantitative estimate of drug-likeness (QED) is 0.905. The second-order valence-electron chi connectivity index (χ2n) is 4.21. The average Bonchev–Trinajstić information content (AvgIpc) is 2.46. The molecule has 0 radical (unpaired) electrons. The predicted octanol–water partition coefficient (Wildman–Crippen LogP) is 4.03. The van der Waals surface area contributed by atoms with Crippen molar-refractivity contribution in [1.29, 1.82) is 0 Å². The van der Waals surface area contributed by atoms with Crippen LogP contribution in [0.2, 0.25) is 5.02 Å². The number of benzene rings is 2. The van der Waals surface area contributed by atoms with Crippen molar-refractivity contribution in [2.24, 2.45) is 0 Å². The molecule has 1 unspecified atom stereocenters. The number of ether oxygens (including phenoxy) is 2. The molecule has 1 N–H and O–H groups in total. The van der Waals surface area contributed by atoms with E-state index in [2.05, 4.69) is 4.74 Å². The maximum atomic E-state index is 12.4. The van der Waals surface area contributed by atoms with Gasteiger partial charge in [-0.2, -0.15) is 8.78 Å². The fourth-order valence-electron chi connectivity index (χ4n) is 1.94. The minimum Gasteiger partial charge on any atom is -0.495 e. The summed E-state index contributed by atoms with van der Waals surface area (Å²) in [5, 5.41) is 10.7. The highest BCUT2D eigenvalue weighted by molar-refractivity contribution is 6.32. The van der Waals surface area contributed by atoms with Crippen molar-refractivity contribution in [2.75, 3.05) is 7.11 Å². The van der Waals surface area contributed by atoms with Crippen LogP contribution in [0, 0.1) is 0 Å². The van der Waals surface area contributed by atoms with Crippen LogP contribution in [0.25, 0.3) is 0 Å². The van der Waals surface area contributed by atoms with E-state index < -0.39 is 12.7 Å². The molecule has 0 amide bonds. The van der Waals surface area contributed by atoms with Gasteiger partial charge in [0.1, 0.15) is 17.6 Å². The van der Waals surface area contributed by atoms with Crippen LogP contribution in [0.15, 0.2) is 42.5 Å². The molecule has 21 heavy (non-hydrogen) atoms. The van der Waals surface area contributed by atoms with Crippen molar-refractivity contribution in [1.82, 2.24) is 0 Å². The molecular weight excluding hydrogens is 302 g/mol. The molecule has 0 aliphatic carbocycles.